The summed E-state index contributed by atoms with van der Waals surface area (Å²) in [5, 5.41) is 9.63. The van der Waals surface area contributed by atoms with Crippen LogP contribution in [0.25, 0.3) is 21.4 Å². The van der Waals surface area contributed by atoms with E-state index in [1.54, 1.807) is 28.2 Å². The molecule has 0 aliphatic heterocycles. The topological polar surface area (TPSA) is 28.2 Å². The quantitative estimate of drug-likeness (QED) is 0.269. The van der Waals surface area contributed by atoms with Crippen molar-refractivity contribution in [3.05, 3.63) is 78.8 Å². The second-order valence-electron chi connectivity index (χ2n) is 6.79. The van der Waals surface area contributed by atoms with Gasteiger partial charge in [-0.15, -0.1) is 34.5 Å². The Hall–Kier alpha value is -0.537. The summed E-state index contributed by atoms with van der Waals surface area (Å²) in [5.74, 6) is 0. The SMILES string of the molecule is C[N-]C.C[N-]C.Cc1c(C)c(C)[c-](C)c1C.Cc1cc2c(Br)cccc2[cH-]1.[Zr+4]. The number of aryl methyl sites for hydroxylation is 1. The van der Waals surface area contributed by atoms with Crippen LogP contribution in [0.3, 0.4) is 0 Å². The molecule has 2 nitrogen and oxygen atoms in total. The Kier molecular flexibility index (Phi) is 16.2. The molecule has 3 rings (SSSR count). The maximum Gasteiger partial charge on any atom is 4.00 e. The minimum atomic E-state index is 0. The van der Waals surface area contributed by atoms with Gasteiger partial charge in [0, 0.05) is 0 Å². The molecule has 0 aliphatic rings. The van der Waals surface area contributed by atoms with Crippen molar-refractivity contribution in [1.82, 2.24) is 0 Å². The van der Waals surface area contributed by atoms with Gasteiger partial charge in [0.25, 0.3) is 0 Å². The van der Waals surface area contributed by atoms with Gasteiger partial charge in [0.2, 0.25) is 0 Å². The van der Waals surface area contributed by atoms with E-state index >= 15 is 0 Å². The van der Waals surface area contributed by atoms with Crippen molar-refractivity contribution in [3.63, 3.8) is 0 Å². The van der Waals surface area contributed by atoms with Crippen molar-refractivity contribution in [2.45, 2.75) is 41.5 Å². The fourth-order valence-electron chi connectivity index (χ4n) is 2.75. The average Bonchev–Trinajstić information content (AvgIpc) is 3.08. The van der Waals surface area contributed by atoms with E-state index in [0.717, 1.165) is 0 Å². The van der Waals surface area contributed by atoms with Crippen molar-refractivity contribution < 1.29 is 26.2 Å². The van der Waals surface area contributed by atoms with Gasteiger partial charge in [-0.2, -0.15) is 62.1 Å². The molecule has 0 aromatic heterocycles. The predicted octanol–water partition coefficient (Wildman–Crippen LogP) is 7.81. The van der Waals surface area contributed by atoms with Crippen LogP contribution in [0, 0.1) is 41.5 Å². The van der Waals surface area contributed by atoms with Crippen LogP contribution < -0.4 is 0 Å². The molecule has 0 aliphatic carbocycles. The summed E-state index contributed by atoms with van der Waals surface area (Å²) in [4.78, 5) is 0. The van der Waals surface area contributed by atoms with E-state index in [0.29, 0.717) is 0 Å². The number of rotatable bonds is 0. The van der Waals surface area contributed by atoms with Gasteiger partial charge in [-0.1, -0.05) is 63.5 Å². The van der Waals surface area contributed by atoms with Crippen molar-refractivity contribution in [3.8, 4) is 0 Å². The van der Waals surface area contributed by atoms with E-state index in [1.165, 1.54) is 48.6 Å². The Morgan fingerprint density at radius 3 is 1.61 bits per heavy atom. The molecular formula is C24H35BrN2Zr. The van der Waals surface area contributed by atoms with Crippen molar-refractivity contribution in [2.24, 2.45) is 0 Å². The van der Waals surface area contributed by atoms with Gasteiger partial charge in [0.05, 0.1) is 0 Å². The van der Waals surface area contributed by atoms with Crippen LogP contribution in [0.15, 0.2) is 34.8 Å². The van der Waals surface area contributed by atoms with E-state index < -0.39 is 0 Å². The van der Waals surface area contributed by atoms with Gasteiger partial charge < -0.3 is 10.6 Å². The summed E-state index contributed by atoms with van der Waals surface area (Å²) in [6, 6.07) is 10.7. The maximum atomic E-state index is 3.51. The first kappa shape index (κ1) is 29.7. The number of fused-ring (bicyclic) bond motifs is 1. The number of nitrogens with zero attached hydrogens (tertiary/aromatic N) is 2. The molecule has 0 amide bonds. The van der Waals surface area contributed by atoms with Gasteiger partial charge in [-0.25, -0.2) is 0 Å². The summed E-state index contributed by atoms with van der Waals surface area (Å²) < 4.78 is 1.18. The van der Waals surface area contributed by atoms with Crippen LogP contribution >= 0.6 is 15.9 Å². The van der Waals surface area contributed by atoms with E-state index in [1.807, 2.05) is 0 Å². The van der Waals surface area contributed by atoms with E-state index in [2.05, 4.69) is 98.4 Å². The molecule has 0 unspecified atom stereocenters. The van der Waals surface area contributed by atoms with Crippen molar-refractivity contribution in [2.75, 3.05) is 28.2 Å². The van der Waals surface area contributed by atoms with Gasteiger partial charge in [0.1, 0.15) is 0 Å². The largest absolute Gasteiger partial charge is 4.00 e. The molecule has 0 atom stereocenters. The zero-order valence-corrected chi connectivity index (χ0v) is 23.2. The molecule has 0 saturated heterocycles. The monoisotopic (exact) mass is 520 g/mol. The van der Waals surface area contributed by atoms with Crippen LogP contribution in [0.4, 0.5) is 0 Å². The third-order valence-corrected chi connectivity index (χ3v) is 5.35. The van der Waals surface area contributed by atoms with Crippen molar-refractivity contribution >= 4 is 26.7 Å². The summed E-state index contributed by atoms with van der Waals surface area (Å²) in [6.45, 7) is 13.1. The molecule has 28 heavy (non-hydrogen) atoms. The summed E-state index contributed by atoms with van der Waals surface area (Å²) >= 11 is 3.51. The van der Waals surface area contributed by atoms with E-state index in [4.69, 9.17) is 0 Å². The zero-order chi connectivity index (χ0) is 21.1. The minimum absolute atomic E-state index is 0. The first-order chi connectivity index (χ1) is 12.7. The Bertz CT molecular complexity index is 733. The fourth-order valence-corrected chi connectivity index (χ4v) is 3.25. The van der Waals surface area contributed by atoms with Crippen LogP contribution in [0.2, 0.25) is 0 Å². The predicted molar refractivity (Wildman–Crippen MR) is 128 cm³/mol. The normalized spacial score (nSPS) is 9.25. The molecule has 3 aromatic carbocycles. The molecule has 0 fully saturated rings. The Morgan fingerprint density at radius 2 is 1.29 bits per heavy atom. The third-order valence-electron chi connectivity index (χ3n) is 4.65. The second kappa shape index (κ2) is 15.3. The third kappa shape index (κ3) is 8.86. The molecule has 0 heterocycles. The molecule has 4 heteroatoms. The smallest absolute Gasteiger partial charge is 0.668 e. The minimum Gasteiger partial charge on any atom is -0.668 e. The van der Waals surface area contributed by atoms with Crippen LogP contribution in [0.1, 0.15) is 33.4 Å². The molecule has 0 radical (unpaired) electrons. The molecule has 0 bridgehead atoms. The van der Waals surface area contributed by atoms with Crippen LogP contribution in [0.5, 0.6) is 0 Å². The van der Waals surface area contributed by atoms with Crippen LogP contribution in [-0.4, -0.2) is 28.2 Å². The number of hydrogen-bond acceptors (Lipinski definition) is 0. The number of hydrogen-bond donors (Lipinski definition) is 0. The summed E-state index contributed by atoms with van der Waals surface area (Å²) in [7, 11) is 7.00. The molecule has 0 N–H and O–H groups in total. The molecule has 0 saturated carbocycles. The molecule has 152 valence electrons. The van der Waals surface area contributed by atoms with Gasteiger partial charge in [-0.05, 0) is 4.47 Å². The van der Waals surface area contributed by atoms with Gasteiger partial charge in [-0.3, -0.25) is 0 Å². The number of halogens is 1. The molecule has 0 spiro atoms. The second-order valence-corrected chi connectivity index (χ2v) is 7.65. The fraction of sp³-hybridized carbons (Fsp3) is 0.417. The summed E-state index contributed by atoms with van der Waals surface area (Å²) in [6.07, 6.45) is 0. The molecular weight excluding hydrogens is 487 g/mol. The van der Waals surface area contributed by atoms with E-state index in [9.17, 15) is 0 Å². The Labute approximate surface area is 200 Å². The standard InChI is InChI=1S/C10H8Br.C10H15.2C2H6N.Zr/c1-7-5-8-3-2-4-10(11)9(8)6-7;1-6-7(2)9(4)10(5)8(6)3;2*1-3-2;/h2-6H,1H3;1-5H3;2*1-2H3;/q4*-1;+4. The number of benzene rings is 1. The van der Waals surface area contributed by atoms with Crippen LogP contribution in [-0.2, 0) is 26.2 Å². The Morgan fingerprint density at radius 1 is 0.857 bits per heavy atom. The van der Waals surface area contributed by atoms with E-state index in [-0.39, 0.29) is 26.2 Å². The summed E-state index contributed by atoms with van der Waals surface area (Å²) in [5.41, 5.74) is 8.66. The maximum absolute atomic E-state index is 3.51. The Balaban J connectivity index is 0. The van der Waals surface area contributed by atoms with Crippen molar-refractivity contribution in [1.29, 1.82) is 0 Å². The van der Waals surface area contributed by atoms with Gasteiger partial charge >= 0.3 is 26.2 Å². The average molecular weight is 523 g/mol. The molecule has 3 aromatic rings. The zero-order valence-electron chi connectivity index (χ0n) is 19.2. The van der Waals surface area contributed by atoms with Gasteiger partial charge in [0.15, 0.2) is 0 Å². The first-order valence-electron chi connectivity index (χ1n) is 9.13. The first-order valence-corrected chi connectivity index (χ1v) is 9.92.